The van der Waals surface area contributed by atoms with Gasteiger partial charge >= 0.3 is 5.97 Å². The van der Waals surface area contributed by atoms with Crippen LogP contribution in [0.25, 0.3) is 0 Å². The first-order valence-corrected chi connectivity index (χ1v) is 8.82. The van der Waals surface area contributed by atoms with Crippen LogP contribution in [0.4, 0.5) is 0 Å². The van der Waals surface area contributed by atoms with Crippen LogP contribution in [0.3, 0.4) is 0 Å². The fourth-order valence-corrected chi connectivity index (χ4v) is 3.29. The minimum absolute atomic E-state index is 0.0491. The SMILES string of the molecule is CCN(CC(=O)O)C1CC(NC(=O)CC(C)c2ccc(OC)cc2)C1. The molecule has 2 rings (SSSR count). The number of hydrogen-bond acceptors (Lipinski definition) is 4. The zero-order chi connectivity index (χ0) is 18.4. The molecule has 6 heteroatoms. The topological polar surface area (TPSA) is 78.9 Å². The van der Waals surface area contributed by atoms with E-state index in [9.17, 15) is 9.59 Å². The Morgan fingerprint density at radius 1 is 1.32 bits per heavy atom. The number of hydrogen-bond donors (Lipinski definition) is 2. The van der Waals surface area contributed by atoms with Crippen LogP contribution in [0, 0.1) is 0 Å². The van der Waals surface area contributed by atoms with Gasteiger partial charge in [-0.05, 0) is 43.0 Å². The average molecular weight is 348 g/mol. The van der Waals surface area contributed by atoms with E-state index in [1.807, 2.05) is 43.0 Å². The molecule has 1 aliphatic carbocycles. The molecule has 1 aromatic carbocycles. The van der Waals surface area contributed by atoms with Crippen LogP contribution in [0.15, 0.2) is 24.3 Å². The highest BCUT2D eigenvalue weighted by Crippen LogP contribution is 2.27. The van der Waals surface area contributed by atoms with Crippen molar-refractivity contribution in [1.82, 2.24) is 10.2 Å². The van der Waals surface area contributed by atoms with E-state index in [-0.39, 0.29) is 30.5 Å². The molecule has 0 radical (unpaired) electrons. The van der Waals surface area contributed by atoms with Crippen LogP contribution in [0.1, 0.15) is 44.6 Å². The molecular weight excluding hydrogens is 320 g/mol. The van der Waals surface area contributed by atoms with Crippen molar-refractivity contribution in [3.05, 3.63) is 29.8 Å². The Kier molecular flexibility index (Phi) is 6.82. The Balaban J connectivity index is 1.75. The summed E-state index contributed by atoms with van der Waals surface area (Å²) in [6.07, 6.45) is 2.09. The van der Waals surface area contributed by atoms with Crippen LogP contribution in [-0.2, 0) is 9.59 Å². The van der Waals surface area contributed by atoms with Crippen molar-refractivity contribution < 1.29 is 19.4 Å². The highest BCUT2D eigenvalue weighted by molar-refractivity contribution is 5.77. The van der Waals surface area contributed by atoms with Crippen LogP contribution in [-0.4, -0.2) is 54.2 Å². The molecule has 1 fully saturated rings. The highest BCUT2D eigenvalue weighted by atomic mass is 16.5. The first kappa shape index (κ1) is 19.2. The molecular formula is C19H28N2O4. The molecule has 1 aliphatic rings. The number of amides is 1. The minimum atomic E-state index is -0.803. The van der Waals surface area contributed by atoms with Gasteiger partial charge in [-0.25, -0.2) is 0 Å². The van der Waals surface area contributed by atoms with Gasteiger partial charge in [0.05, 0.1) is 13.7 Å². The number of ether oxygens (including phenoxy) is 1. The molecule has 1 amide bonds. The second kappa shape index (κ2) is 8.85. The van der Waals surface area contributed by atoms with Gasteiger partial charge < -0.3 is 15.2 Å². The summed E-state index contributed by atoms with van der Waals surface area (Å²) in [4.78, 5) is 25.0. The fourth-order valence-electron chi connectivity index (χ4n) is 3.29. The van der Waals surface area contributed by atoms with E-state index in [0.717, 1.165) is 24.2 Å². The number of carbonyl (C=O) groups excluding carboxylic acids is 1. The van der Waals surface area contributed by atoms with Crippen molar-refractivity contribution in [2.45, 2.75) is 51.1 Å². The van der Waals surface area contributed by atoms with E-state index in [1.165, 1.54) is 0 Å². The number of likely N-dealkylation sites (N-methyl/N-ethyl adjacent to an activating group) is 1. The van der Waals surface area contributed by atoms with E-state index in [0.29, 0.717) is 13.0 Å². The standard InChI is InChI=1S/C19H28N2O4/c1-4-21(12-19(23)24)16-10-15(11-16)20-18(22)9-13(2)14-5-7-17(25-3)8-6-14/h5-8,13,15-16H,4,9-12H2,1-3H3,(H,20,22)(H,23,24). The largest absolute Gasteiger partial charge is 0.497 e. The van der Waals surface area contributed by atoms with Crippen molar-refractivity contribution in [3.8, 4) is 5.75 Å². The van der Waals surface area contributed by atoms with Gasteiger partial charge in [0.25, 0.3) is 0 Å². The van der Waals surface area contributed by atoms with Gasteiger partial charge in [-0.2, -0.15) is 0 Å². The maximum absolute atomic E-state index is 12.2. The average Bonchev–Trinajstić information content (AvgIpc) is 2.55. The lowest BCUT2D eigenvalue weighted by Crippen LogP contribution is -2.54. The molecule has 6 nitrogen and oxygen atoms in total. The monoisotopic (exact) mass is 348 g/mol. The molecule has 0 aliphatic heterocycles. The summed E-state index contributed by atoms with van der Waals surface area (Å²) in [6.45, 7) is 4.78. The lowest BCUT2D eigenvalue weighted by molar-refractivity contribution is -0.139. The molecule has 0 bridgehead atoms. The van der Waals surface area contributed by atoms with Crippen molar-refractivity contribution in [2.24, 2.45) is 0 Å². The predicted molar refractivity (Wildman–Crippen MR) is 95.9 cm³/mol. The summed E-state index contributed by atoms with van der Waals surface area (Å²) in [5, 5.41) is 12.0. The molecule has 0 spiro atoms. The number of methoxy groups -OCH3 is 1. The summed E-state index contributed by atoms with van der Waals surface area (Å²) >= 11 is 0. The van der Waals surface area contributed by atoms with Crippen LogP contribution >= 0.6 is 0 Å². The zero-order valence-electron chi connectivity index (χ0n) is 15.2. The van der Waals surface area contributed by atoms with Gasteiger partial charge in [0.15, 0.2) is 0 Å². The lowest BCUT2D eigenvalue weighted by atomic mass is 9.85. The van der Waals surface area contributed by atoms with E-state index in [2.05, 4.69) is 5.32 Å². The molecule has 1 aromatic rings. The quantitative estimate of drug-likeness (QED) is 0.715. The summed E-state index contributed by atoms with van der Waals surface area (Å²) < 4.78 is 5.15. The number of carboxylic acids is 1. The molecule has 1 saturated carbocycles. The molecule has 0 aromatic heterocycles. The Morgan fingerprint density at radius 3 is 2.48 bits per heavy atom. The van der Waals surface area contributed by atoms with Crippen LogP contribution in [0.2, 0.25) is 0 Å². The highest BCUT2D eigenvalue weighted by Gasteiger charge is 2.34. The van der Waals surface area contributed by atoms with Gasteiger partial charge in [-0.15, -0.1) is 0 Å². The smallest absolute Gasteiger partial charge is 0.317 e. The number of carbonyl (C=O) groups is 2. The Bertz CT molecular complexity index is 582. The first-order valence-electron chi connectivity index (χ1n) is 8.82. The van der Waals surface area contributed by atoms with Crippen LogP contribution < -0.4 is 10.1 Å². The third-order valence-corrected chi connectivity index (χ3v) is 4.92. The molecule has 2 N–H and O–H groups in total. The van der Waals surface area contributed by atoms with Gasteiger partial charge in [-0.1, -0.05) is 26.0 Å². The molecule has 138 valence electrons. The third-order valence-electron chi connectivity index (χ3n) is 4.92. The van der Waals surface area contributed by atoms with E-state index >= 15 is 0 Å². The molecule has 1 unspecified atom stereocenters. The van der Waals surface area contributed by atoms with Gasteiger partial charge in [0, 0.05) is 18.5 Å². The number of benzene rings is 1. The van der Waals surface area contributed by atoms with Crippen molar-refractivity contribution >= 4 is 11.9 Å². The number of aliphatic carboxylic acids is 1. The number of nitrogens with zero attached hydrogens (tertiary/aromatic N) is 1. The summed E-state index contributed by atoms with van der Waals surface area (Å²) in [5.41, 5.74) is 1.11. The Labute approximate surface area is 149 Å². The van der Waals surface area contributed by atoms with Crippen molar-refractivity contribution in [3.63, 3.8) is 0 Å². The van der Waals surface area contributed by atoms with Gasteiger partial charge in [-0.3, -0.25) is 14.5 Å². The first-order chi connectivity index (χ1) is 11.9. The lowest BCUT2D eigenvalue weighted by Gasteiger charge is -2.42. The van der Waals surface area contributed by atoms with Crippen molar-refractivity contribution in [2.75, 3.05) is 20.2 Å². The van der Waals surface area contributed by atoms with Gasteiger partial charge in [0.1, 0.15) is 5.75 Å². The number of rotatable bonds is 9. The molecule has 25 heavy (non-hydrogen) atoms. The zero-order valence-corrected chi connectivity index (χ0v) is 15.2. The maximum atomic E-state index is 12.2. The van der Waals surface area contributed by atoms with Crippen LogP contribution in [0.5, 0.6) is 5.75 Å². The normalized spacial score (nSPS) is 20.6. The fraction of sp³-hybridized carbons (Fsp3) is 0.579. The van der Waals surface area contributed by atoms with Crippen molar-refractivity contribution in [1.29, 1.82) is 0 Å². The van der Waals surface area contributed by atoms with Gasteiger partial charge in [0.2, 0.25) is 5.91 Å². The second-order valence-corrected chi connectivity index (χ2v) is 6.72. The summed E-state index contributed by atoms with van der Waals surface area (Å²) in [5.74, 6) is 0.194. The number of nitrogens with one attached hydrogen (secondary N) is 1. The summed E-state index contributed by atoms with van der Waals surface area (Å²) in [6, 6.07) is 8.20. The maximum Gasteiger partial charge on any atom is 0.317 e. The Morgan fingerprint density at radius 2 is 1.96 bits per heavy atom. The molecule has 0 heterocycles. The third kappa shape index (κ3) is 5.46. The van der Waals surface area contributed by atoms with E-state index in [1.54, 1.807) is 7.11 Å². The van der Waals surface area contributed by atoms with E-state index < -0.39 is 5.97 Å². The molecule has 1 atom stereocenters. The number of carboxylic acid groups (broad SMARTS) is 1. The predicted octanol–water partition coefficient (Wildman–Crippen LogP) is 2.24. The Hall–Kier alpha value is -2.08. The summed E-state index contributed by atoms with van der Waals surface area (Å²) in [7, 11) is 1.63. The minimum Gasteiger partial charge on any atom is -0.497 e. The second-order valence-electron chi connectivity index (χ2n) is 6.72. The van der Waals surface area contributed by atoms with E-state index in [4.69, 9.17) is 9.84 Å². The molecule has 0 saturated heterocycles.